The average molecular weight is 94.1 g/mol. The van der Waals surface area contributed by atoms with Crippen LogP contribution in [-0.2, 0) is 0 Å². The summed E-state index contributed by atoms with van der Waals surface area (Å²) >= 11 is 0. The van der Waals surface area contributed by atoms with Gasteiger partial charge in [0.25, 0.3) is 0 Å². The Morgan fingerprint density at radius 1 is 1.86 bits per heavy atom. The fourth-order valence-corrected chi connectivity index (χ4v) is 0.138. The fourth-order valence-electron chi connectivity index (χ4n) is 0.138. The van der Waals surface area contributed by atoms with Crippen molar-refractivity contribution in [2.75, 3.05) is 0 Å². The zero-order valence-electron chi connectivity index (χ0n) is 4.10. The highest BCUT2D eigenvalue weighted by atomic mass is 14.9. The number of hydrogen-bond acceptors (Lipinski definition) is 2. The molecule has 0 aliphatic rings. The molecule has 1 atom stereocenters. The zero-order valence-corrected chi connectivity index (χ0v) is 4.10. The van der Waals surface area contributed by atoms with E-state index in [0.717, 1.165) is 0 Å². The van der Waals surface area contributed by atoms with Crippen LogP contribution in [-0.4, -0.2) is 6.04 Å². The molecule has 0 radical (unpaired) electrons. The first kappa shape index (κ1) is 5.85. The van der Waals surface area contributed by atoms with Crippen molar-refractivity contribution >= 4 is 0 Å². The highest BCUT2D eigenvalue weighted by molar-refractivity contribution is 4.98. The molecule has 0 aliphatic heterocycles. The van der Waals surface area contributed by atoms with Crippen LogP contribution in [0.25, 0.3) is 0 Å². The Labute approximate surface area is 43.1 Å². The van der Waals surface area contributed by atoms with Gasteiger partial charge in [0.05, 0.1) is 6.04 Å². The summed E-state index contributed by atoms with van der Waals surface area (Å²) in [6, 6.07) is -0.134. The van der Waals surface area contributed by atoms with Crippen LogP contribution in [0.15, 0.2) is 0 Å². The standard InChI is InChI=1S/C5H6N2/c1-3-5(2)7-4-6/h1,5,7H,2H3. The largest absolute Gasteiger partial charge is 0.310 e. The maximum Gasteiger partial charge on any atom is 0.177 e. The van der Waals surface area contributed by atoms with Gasteiger partial charge in [0.15, 0.2) is 6.19 Å². The summed E-state index contributed by atoms with van der Waals surface area (Å²) in [4.78, 5) is 0. The van der Waals surface area contributed by atoms with E-state index in [2.05, 4.69) is 11.2 Å². The quantitative estimate of drug-likeness (QED) is 0.284. The van der Waals surface area contributed by atoms with E-state index in [4.69, 9.17) is 11.7 Å². The normalized spacial score (nSPS) is 10.7. The van der Waals surface area contributed by atoms with Crippen molar-refractivity contribution in [1.82, 2.24) is 5.32 Å². The predicted molar refractivity (Wildman–Crippen MR) is 27.0 cm³/mol. The molecule has 0 spiro atoms. The van der Waals surface area contributed by atoms with Crippen LogP contribution < -0.4 is 5.32 Å². The minimum atomic E-state index is -0.134. The molecular formula is C5H6N2. The van der Waals surface area contributed by atoms with Gasteiger partial charge in [-0.05, 0) is 6.92 Å². The smallest absolute Gasteiger partial charge is 0.177 e. The van der Waals surface area contributed by atoms with Gasteiger partial charge in [-0.25, -0.2) is 0 Å². The second-order valence-corrected chi connectivity index (χ2v) is 1.14. The molecule has 0 aromatic rings. The lowest BCUT2D eigenvalue weighted by atomic mass is 10.4. The van der Waals surface area contributed by atoms with Gasteiger partial charge in [-0.2, -0.15) is 5.26 Å². The minimum Gasteiger partial charge on any atom is -0.310 e. The van der Waals surface area contributed by atoms with Crippen molar-refractivity contribution in [3.63, 3.8) is 0 Å². The fraction of sp³-hybridized carbons (Fsp3) is 0.400. The summed E-state index contributed by atoms with van der Waals surface area (Å²) in [5.41, 5.74) is 0. The van der Waals surface area contributed by atoms with E-state index < -0.39 is 0 Å². The molecule has 0 bridgehead atoms. The van der Waals surface area contributed by atoms with Gasteiger partial charge in [0.1, 0.15) is 0 Å². The van der Waals surface area contributed by atoms with E-state index in [1.54, 1.807) is 13.1 Å². The first-order valence-electron chi connectivity index (χ1n) is 1.92. The van der Waals surface area contributed by atoms with Crippen molar-refractivity contribution in [2.24, 2.45) is 0 Å². The van der Waals surface area contributed by atoms with Crippen LogP contribution in [0.3, 0.4) is 0 Å². The molecule has 0 amide bonds. The van der Waals surface area contributed by atoms with Gasteiger partial charge in [-0.15, -0.1) is 6.42 Å². The molecule has 0 heterocycles. The van der Waals surface area contributed by atoms with E-state index in [9.17, 15) is 0 Å². The Morgan fingerprint density at radius 2 is 2.43 bits per heavy atom. The molecule has 0 aromatic carbocycles. The number of terminal acetylenes is 1. The molecule has 0 saturated heterocycles. The van der Waals surface area contributed by atoms with Crippen molar-refractivity contribution in [1.29, 1.82) is 5.26 Å². The van der Waals surface area contributed by atoms with Crippen molar-refractivity contribution in [3.05, 3.63) is 0 Å². The lowest BCUT2D eigenvalue weighted by Gasteiger charge is -1.93. The Hall–Kier alpha value is -1.15. The average Bonchev–Trinajstić information content (AvgIpc) is 1.68. The van der Waals surface area contributed by atoms with Crippen LogP contribution in [0.2, 0.25) is 0 Å². The molecule has 0 rings (SSSR count). The van der Waals surface area contributed by atoms with E-state index in [1.165, 1.54) is 0 Å². The molecular weight excluding hydrogens is 88.1 g/mol. The third kappa shape index (κ3) is 2.66. The molecule has 7 heavy (non-hydrogen) atoms. The first-order valence-corrected chi connectivity index (χ1v) is 1.92. The lowest BCUT2D eigenvalue weighted by molar-refractivity contribution is 0.807. The molecule has 1 unspecified atom stereocenters. The SMILES string of the molecule is C#CC(C)NC#N. The number of hydrogen-bond donors (Lipinski definition) is 1. The minimum absolute atomic E-state index is 0.134. The van der Waals surface area contributed by atoms with Crippen LogP contribution in [0, 0.1) is 23.8 Å². The molecule has 0 aliphatic carbocycles. The van der Waals surface area contributed by atoms with Crippen LogP contribution in [0.5, 0.6) is 0 Å². The van der Waals surface area contributed by atoms with Crippen LogP contribution in [0.1, 0.15) is 6.92 Å². The number of nitrogens with one attached hydrogen (secondary N) is 1. The number of nitrogens with zero attached hydrogens (tertiary/aromatic N) is 1. The summed E-state index contributed by atoms with van der Waals surface area (Å²) < 4.78 is 0. The first-order chi connectivity index (χ1) is 3.31. The van der Waals surface area contributed by atoms with Crippen molar-refractivity contribution in [3.8, 4) is 18.5 Å². The molecule has 0 saturated carbocycles. The Bertz CT molecular complexity index is 115. The zero-order chi connectivity index (χ0) is 5.70. The van der Waals surface area contributed by atoms with Gasteiger partial charge >= 0.3 is 0 Å². The summed E-state index contributed by atoms with van der Waals surface area (Å²) in [6.07, 6.45) is 6.62. The number of nitriles is 1. The Morgan fingerprint density at radius 3 is 2.57 bits per heavy atom. The van der Waals surface area contributed by atoms with Gasteiger partial charge < -0.3 is 5.32 Å². The molecule has 1 N–H and O–H groups in total. The summed E-state index contributed by atoms with van der Waals surface area (Å²) in [7, 11) is 0. The maximum absolute atomic E-state index is 7.91. The summed E-state index contributed by atoms with van der Waals surface area (Å²) in [5, 5.41) is 10.3. The molecule has 2 nitrogen and oxygen atoms in total. The van der Waals surface area contributed by atoms with E-state index in [0.29, 0.717) is 0 Å². The molecule has 2 heteroatoms. The van der Waals surface area contributed by atoms with Crippen molar-refractivity contribution < 1.29 is 0 Å². The molecule has 36 valence electrons. The third-order valence-corrected chi connectivity index (χ3v) is 0.531. The highest BCUT2D eigenvalue weighted by Gasteiger charge is 1.86. The van der Waals surface area contributed by atoms with Gasteiger partial charge in [-0.1, -0.05) is 5.92 Å². The van der Waals surface area contributed by atoms with Gasteiger partial charge in [-0.3, -0.25) is 0 Å². The summed E-state index contributed by atoms with van der Waals surface area (Å²) in [5.74, 6) is 2.33. The molecule has 0 fully saturated rings. The van der Waals surface area contributed by atoms with Crippen molar-refractivity contribution in [2.45, 2.75) is 13.0 Å². The maximum atomic E-state index is 7.91. The summed E-state index contributed by atoms with van der Waals surface area (Å²) in [6.45, 7) is 1.74. The van der Waals surface area contributed by atoms with E-state index >= 15 is 0 Å². The van der Waals surface area contributed by atoms with Gasteiger partial charge in [0.2, 0.25) is 0 Å². The second-order valence-electron chi connectivity index (χ2n) is 1.14. The Balaban J connectivity index is 3.27. The third-order valence-electron chi connectivity index (χ3n) is 0.531. The lowest BCUT2D eigenvalue weighted by Crippen LogP contribution is -2.17. The van der Waals surface area contributed by atoms with E-state index in [1.807, 2.05) is 0 Å². The van der Waals surface area contributed by atoms with E-state index in [-0.39, 0.29) is 6.04 Å². The van der Waals surface area contributed by atoms with Gasteiger partial charge in [0, 0.05) is 0 Å². The molecule has 0 aromatic heterocycles. The Kier molecular flexibility index (Phi) is 2.55. The van der Waals surface area contributed by atoms with Crippen LogP contribution >= 0.6 is 0 Å². The topological polar surface area (TPSA) is 35.8 Å². The predicted octanol–water partition coefficient (Wildman–Crippen LogP) is 0.0788. The monoisotopic (exact) mass is 94.1 g/mol. The second kappa shape index (κ2) is 3.06. The number of rotatable bonds is 1. The highest BCUT2D eigenvalue weighted by Crippen LogP contribution is 1.69. The van der Waals surface area contributed by atoms with Crippen LogP contribution in [0.4, 0.5) is 0 Å².